The SMILES string of the molecule is CCS(=O)(=O)N1CCC(C(=O)NCC[C@@H](C)N2CCCC2)CC1. The number of carbonyl (C=O) groups is 1. The summed E-state index contributed by atoms with van der Waals surface area (Å²) >= 11 is 0. The van der Waals surface area contributed by atoms with Gasteiger partial charge >= 0.3 is 0 Å². The Hall–Kier alpha value is -0.660. The van der Waals surface area contributed by atoms with Crippen LogP contribution in [0.4, 0.5) is 0 Å². The van der Waals surface area contributed by atoms with Crippen LogP contribution in [0.1, 0.15) is 46.0 Å². The molecule has 0 bridgehead atoms. The third-order valence-electron chi connectivity index (χ3n) is 5.21. The normalized spacial score (nSPS) is 23.0. The molecule has 1 N–H and O–H groups in total. The number of amides is 1. The maximum Gasteiger partial charge on any atom is 0.223 e. The molecule has 1 amide bonds. The number of sulfonamides is 1. The van der Waals surface area contributed by atoms with Gasteiger partial charge in [-0.2, -0.15) is 0 Å². The Morgan fingerprint density at radius 2 is 1.78 bits per heavy atom. The fraction of sp³-hybridized carbons (Fsp3) is 0.938. The lowest BCUT2D eigenvalue weighted by Gasteiger charge is -2.30. The summed E-state index contributed by atoms with van der Waals surface area (Å²) in [4.78, 5) is 14.7. The van der Waals surface area contributed by atoms with Gasteiger partial charge in [-0.05, 0) is 59.0 Å². The van der Waals surface area contributed by atoms with Crippen molar-refractivity contribution in [3.63, 3.8) is 0 Å². The summed E-state index contributed by atoms with van der Waals surface area (Å²) in [6.45, 7) is 7.90. The van der Waals surface area contributed by atoms with Gasteiger partial charge in [-0.1, -0.05) is 0 Å². The molecule has 0 spiro atoms. The predicted octanol–water partition coefficient (Wildman–Crippen LogP) is 1.04. The maximum absolute atomic E-state index is 12.2. The van der Waals surface area contributed by atoms with E-state index >= 15 is 0 Å². The molecule has 2 rings (SSSR count). The Morgan fingerprint density at radius 3 is 2.35 bits per heavy atom. The summed E-state index contributed by atoms with van der Waals surface area (Å²) in [5.74, 6) is 0.186. The molecule has 0 unspecified atom stereocenters. The van der Waals surface area contributed by atoms with Crippen molar-refractivity contribution in [2.24, 2.45) is 5.92 Å². The van der Waals surface area contributed by atoms with E-state index in [1.54, 1.807) is 6.92 Å². The average molecular weight is 346 g/mol. The third kappa shape index (κ3) is 5.16. The molecule has 2 aliphatic heterocycles. The van der Waals surface area contributed by atoms with E-state index in [4.69, 9.17) is 0 Å². The molecule has 23 heavy (non-hydrogen) atoms. The van der Waals surface area contributed by atoms with Gasteiger partial charge in [-0.15, -0.1) is 0 Å². The average Bonchev–Trinajstić information content (AvgIpc) is 3.09. The summed E-state index contributed by atoms with van der Waals surface area (Å²) in [5, 5.41) is 3.04. The van der Waals surface area contributed by atoms with Gasteiger partial charge in [0.25, 0.3) is 0 Å². The van der Waals surface area contributed by atoms with E-state index in [9.17, 15) is 13.2 Å². The molecule has 2 heterocycles. The van der Waals surface area contributed by atoms with E-state index in [0.29, 0.717) is 38.5 Å². The van der Waals surface area contributed by atoms with Crippen LogP contribution in [-0.4, -0.2) is 68.0 Å². The first kappa shape index (κ1) is 18.7. The molecule has 6 nitrogen and oxygen atoms in total. The van der Waals surface area contributed by atoms with Crippen LogP contribution in [-0.2, 0) is 14.8 Å². The quantitative estimate of drug-likeness (QED) is 0.748. The molecular weight excluding hydrogens is 314 g/mol. The minimum absolute atomic E-state index is 0.0413. The maximum atomic E-state index is 12.2. The van der Waals surface area contributed by atoms with E-state index in [2.05, 4.69) is 17.1 Å². The Labute approximate surface area is 140 Å². The number of likely N-dealkylation sites (tertiary alicyclic amines) is 1. The van der Waals surface area contributed by atoms with Gasteiger partial charge in [0.05, 0.1) is 5.75 Å². The lowest BCUT2D eigenvalue weighted by atomic mass is 9.97. The zero-order valence-corrected chi connectivity index (χ0v) is 15.3. The van der Waals surface area contributed by atoms with Crippen molar-refractivity contribution in [1.29, 1.82) is 0 Å². The molecule has 0 aromatic heterocycles. The fourth-order valence-corrected chi connectivity index (χ4v) is 4.62. The lowest BCUT2D eigenvalue weighted by Crippen LogP contribution is -2.44. The number of piperidine rings is 1. The topological polar surface area (TPSA) is 69.7 Å². The van der Waals surface area contributed by atoms with Crippen molar-refractivity contribution in [2.45, 2.75) is 52.0 Å². The van der Waals surface area contributed by atoms with Crippen molar-refractivity contribution in [1.82, 2.24) is 14.5 Å². The zero-order chi connectivity index (χ0) is 16.9. The van der Waals surface area contributed by atoms with Crippen LogP contribution in [0, 0.1) is 5.92 Å². The summed E-state index contributed by atoms with van der Waals surface area (Å²) in [6, 6.07) is 0.523. The van der Waals surface area contributed by atoms with Crippen LogP contribution >= 0.6 is 0 Å². The van der Waals surface area contributed by atoms with Crippen molar-refractivity contribution < 1.29 is 13.2 Å². The number of nitrogens with zero attached hydrogens (tertiary/aromatic N) is 2. The van der Waals surface area contributed by atoms with Gasteiger partial charge in [0.2, 0.25) is 15.9 Å². The highest BCUT2D eigenvalue weighted by molar-refractivity contribution is 7.89. The summed E-state index contributed by atoms with van der Waals surface area (Å²) in [7, 11) is -3.11. The van der Waals surface area contributed by atoms with E-state index in [-0.39, 0.29) is 17.6 Å². The minimum Gasteiger partial charge on any atom is -0.356 e. The highest BCUT2D eigenvalue weighted by atomic mass is 32.2. The van der Waals surface area contributed by atoms with E-state index in [1.165, 1.54) is 30.2 Å². The van der Waals surface area contributed by atoms with Crippen molar-refractivity contribution >= 4 is 15.9 Å². The summed E-state index contributed by atoms with van der Waals surface area (Å²) < 4.78 is 25.2. The van der Waals surface area contributed by atoms with Crippen molar-refractivity contribution in [2.75, 3.05) is 38.5 Å². The highest BCUT2D eigenvalue weighted by Gasteiger charge is 2.30. The first-order valence-electron chi connectivity index (χ1n) is 8.93. The van der Waals surface area contributed by atoms with Gasteiger partial charge in [0.15, 0.2) is 0 Å². The zero-order valence-electron chi connectivity index (χ0n) is 14.5. The molecule has 7 heteroatoms. The van der Waals surface area contributed by atoms with Crippen LogP contribution in [0.2, 0.25) is 0 Å². The Morgan fingerprint density at radius 1 is 1.17 bits per heavy atom. The van der Waals surface area contributed by atoms with Crippen LogP contribution in [0.3, 0.4) is 0 Å². The van der Waals surface area contributed by atoms with Crippen molar-refractivity contribution in [3.8, 4) is 0 Å². The molecule has 2 fully saturated rings. The molecule has 0 aromatic carbocycles. The molecule has 0 radical (unpaired) electrons. The molecular formula is C16H31N3O3S. The van der Waals surface area contributed by atoms with Gasteiger partial charge < -0.3 is 10.2 Å². The van der Waals surface area contributed by atoms with Gasteiger partial charge in [0, 0.05) is 31.6 Å². The third-order valence-corrected chi connectivity index (χ3v) is 7.09. The van der Waals surface area contributed by atoms with Crippen LogP contribution < -0.4 is 5.32 Å². The highest BCUT2D eigenvalue weighted by Crippen LogP contribution is 2.20. The molecule has 0 aromatic rings. The van der Waals surface area contributed by atoms with Crippen LogP contribution in [0.25, 0.3) is 0 Å². The Balaban J connectivity index is 1.67. The van der Waals surface area contributed by atoms with E-state index in [0.717, 1.165) is 6.42 Å². The van der Waals surface area contributed by atoms with E-state index < -0.39 is 10.0 Å². The van der Waals surface area contributed by atoms with Gasteiger partial charge in [0.1, 0.15) is 0 Å². The lowest BCUT2D eigenvalue weighted by molar-refractivity contribution is -0.126. The number of carbonyl (C=O) groups excluding carboxylic acids is 1. The smallest absolute Gasteiger partial charge is 0.223 e. The Bertz CT molecular complexity index is 481. The molecule has 0 saturated carbocycles. The second-order valence-corrected chi connectivity index (χ2v) is 9.00. The van der Waals surface area contributed by atoms with Crippen molar-refractivity contribution in [3.05, 3.63) is 0 Å². The molecule has 2 saturated heterocycles. The van der Waals surface area contributed by atoms with Crippen LogP contribution in [0.5, 0.6) is 0 Å². The monoisotopic (exact) mass is 345 g/mol. The first-order valence-corrected chi connectivity index (χ1v) is 10.5. The number of rotatable bonds is 7. The molecule has 2 aliphatic rings. The fourth-order valence-electron chi connectivity index (χ4n) is 3.49. The summed E-state index contributed by atoms with van der Waals surface area (Å²) in [6.07, 6.45) is 4.82. The van der Waals surface area contributed by atoms with Gasteiger partial charge in [-0.3, -0.25) is 4.79 Å². The standard InChI is InChI=1S/C16H31N3O3S/c1-3-23(21,22)19-12-7-15(8-13-19)16(20)17-9-6-14(2)18-10-4-5-11-18/h14-15H,3-13H2,1-2H3,(H,17,20)/t14-/m1/s1. The predicted molar refractivity (Wildman–Crippen MR) is 91.7 cm³/mol. The first-order chi connectivity index (χ1) is 10.9. The Kier molecular flexibility index (Phi) is 6.85. The van der Waals surface area contributed by atoms with Crippen LogP contribution in [0.15, 0.2) is 0 Å². The number of hydrogen-bond acceptors (Lipinski definition) is 4. The molecule has 1 atom stereocenters. The largest absolute Gasteiger partial charge is 0.356 e. The minimum atomic E-state index is -3.11. The molecule has 0 aliphatic carbocycles. The molecule has 134 valence electrons. The summed E-state index contributed by atoms with van der Waals surface area (Å²) in [5.41, 5.74) is 0. The second kappa shape index (κ2) is 8.44. The van der Waals surface area contributed by atoms with Gasteiger partial charge in [-0.25, -0.2) is 12.7 Å². The second-order valence-electron chi connectivity index (χ2n) is 6.75. The van der Waals surface area contributed by atoms with E-state index in [1.807, 2.05) is 0 Å². The number of nitrogens with one attached hydrogen (secondary N) is 1. The number of hydrogen-bond donors (Lipinski definition) is 1.